The van der Waals surface area contributed by atoms with Crippen molar-refractivity contribution < 1.29 is 19.4 Å². The number of methoxy groups -OCH3 is 1. The standard InChI is InChI=1S/C23H29N5O4.C2H6/c1-14-13-28(16-7-5-4-6-8-16)20-18(27(2)21(14)29)12-24-23(26-20)25-17-10-9-15(22(30)31)11-19(17)32-3;1-2/h9-12,14,16H,4-8,13H2,1-3H3,(H,30,31)(H,24,25,26);1-2H3. The van der Waals surface area contributed by atoms with Crippen LogP contribution in [0.25, 0.3) is 0 Å². The highest BCUT2D eigenvalue weighted by Crippen LogP contribution is 2.37. The van der Waals surface area contributed by atoms with Crippen LogP contribution in [0, 0.1) is 5.92 Å². The molecule has 1 aliphatic heterocycles. The summed E-state index contributed by atoms with van der Waals surface area (Å²) >= 11 is 0. The van der Waals surface area contributed by atoms with Gasteiger partial charge < -0.3 is 25.0 Å². The van der Waals surface area contributed by atoms with Crippen LogP contribution in [-0.2, 0) is 4.79 Å². The Hall–Kier alpha value is -3.36. The number of carbonyl (C=O) groups is 2. The van der Waals surface area contributed by atoms with E-state index in [0.717, 1.165) is 18.7 Å². The van der Waals surface area contributed by atoms with E-state index in [2.05, 4.69) is 15.2 Å². The summed E-state index contributed by atoms with van der Waals surface area (Å²) in [5.74, 6) is 0.377. The lowest BCUT2D eigenvalue weighted by atomic mass is 9.93. The van der Waals surface area contributed by atoms with Crippen molar-refractivity contribution in [3.63, 3.8) is 0 Å². The maximum absolute atomic E-state index is 12.8. The number of nitrogens with zero attached hydrogens (tertiary/aromatic N) is 4. The van der Waals surface area contributed by atoms with Crippen LogP contribution in [0.2, 0.25) is 0 Å². The summed E-state index contributed by atoms with van der Waals surface area (Å²) in [5, 5.41) is 12.4. The molecule has 2 N–H and O–H groups in total. The minimum absolute atomic E-state index is 0.0554. The number of benzene rings is 1. The first-order chi connectivity index (χ1) is 16.4. The zero-order chi connectivity index (χ0) is 24.8. The molecule has 2 aliphatic rings. The predicted molar refractivity (Wildman–Crippen MR) is 133 cm³/mol. The Bertz CT molecular complexity index is 1020. The van der Waals surface area contributed by atoms with Gasteiger partial charge in [0.2, 0.25) is 11.9 Å². The van der Waals surface area contributed by atoms with Gasteiger partial charge in [0, 0.05) is 19.6 Å². The van der Waals surface area contributed by atoms with Gasteiger partial charge in [-0.3, -0.25) is 4.79 Å². The third kappa shape index (κ3) is 5.24. The van der Waals surface area contributed by atoms with Gasteiger partial charge in [-0.1, -0.05) is 40.0 Å². The van der Waals surface area contributed by atoms with Crippen molar-refractivity contribution in [1.82, 2.24) is 9.97 Å². The molecular formula is C25H35N5O4. The lowest BCUT2D eigenvalue weighted by molar-refractivity contribution is -0.121. The first-order valence-electron chi connectivity index (χ1n) is 12.0. The second-order valence-electron chi connectivity index (χ2n) is 8.49. The molecule has 1 aliphatic carbocycles. The van der Waals surface area contributed by atoms with Crippen LogP contribution in [0.5, 0.6) is 5.75 Å². The summed E-state index contributed by atoms with van der Waals surface area (Å²) in [7, 11) is 3.25. The molecule has 0 spiro atoms. The Balaban J connectivity index is 0.00000158. The fourth-order valence-electron chi connectivity index (χ4n) is 4.55. The topological polar surface area (TPSA) is 108 Å². The van der Waals surface area contributed by atoms with Crippen molar-refractivity contribution in [3.05, 3.63) is 30.0 Å². The summed E-state index contributed by atoms with van der Waals surface area (Å²) in [5.41, 5.74) is 1.39. The monoisotopic (exact) mass is 469 g/mol. The van der Waals surface area contributed by atoms with E-state index in [4.69, 9.17) is 9.72 Å². The van der Waals surface area contributed by atoms with E-state index in [1.54, 1.807) is 24.2 Å². The molecule has 1 atom stereocenters. The summed E-state index contributed by atoms with van der Waals surface area (Å²) in [6.45, 7) is 6.58. The minimum Gasteiger partial charge on any atom is -0.495 e. The zero-order valence-corrected chi connectivity index (χ0v) is 20.7. The highest BCUT2D eigenvalue weighted by atomic mass is 16.5. The third-order valence-corrected chi connectivity index (χ3v) is 6.32. The van der Waals surface area contributed by atoms with Crippen LogP contribution in [-0.4, -0.2) is 53.7 Å². The van der Waals surface area contributed by atoms with E-state index in [1.807, 2.05) is 20.8 Å². The van der Waals surface area contributed by atoms with Gasteiger partial charge in [-0.25, -0.2) is 9.78 Å². The first kappa shape index (κ1) is 25.3. The van der Waals surface area contributed by atoms with E-state index < -0.39 is 5.97 Å². The van der Waals surface area contributed by atoms with Crippen LogP contribution in [0.1, 0.15) is 63.2 Å². The zero-order valence-electron chi connectivity index (χ0n) is 20.7. The molecule has 184 valence electrons. The van der Waals surface area contributed by atoms with Crippen LogP contribution >= 0.6 is 0 Å². The molecule has 1 saturated carbocycles. The molecule has 1 aromatic carbocycles. The lowest BCUT2D eigenvalue weighted by Gasteiger charge is -2.35. The fraction of sp³-hybridized carbons (Fsp3) is 0.520. The summed E-state index contributed by atoms with van der Waals surface area (Å²) in [4.78, 5) is 37.3. The van der Waals surface area contributed by atoms with Gasteiger partial charge in [-0.2, -0.15) is 4.98 Å². The van der Waals surface area contributed by atoms with Crippen molar-refractivity contribution >= 4 is 35.0 Å². The molecule has 0 bridgehead atoms. The molecule has 1 aromatic heterocycles. The Labute approximate surface area is 201 Å². The molecule has 9 heteroatoms. The van der Waals surface area contributed by atoms with Crippen LogP contribution < -0.4 is 19.9 Å². The van der Waals surface area contributed by atoms with Crippen molar-refractivity contribution in [2.45, 2.75) is 58.9 Å². The molecule has 1 fully saturated rings. The Morgan fingerprint density at radius 3 is 2.56 bits per heavy atom. The molecule has 1 amide bonds. The number of carboxylic acids is 1. The molecule has 0 saturated heterocycles. The number of nitrogens with one attached hydrogen (secondary N) is 1. The van der Waals surface area contributed by atoms with Gasteiger partial charge in [-0.05, 0) is 31.0 Å². The molecule has 9 nitrogen and oxygen atoms in total. The van der Waals surface area contributed by atoms with Crippen molar-refractivity contribution in [1.29, 1.82) is 0 Å². The van der Waals surface area contributed by atoms with Gasteiger partial charge in [-0.15, -0.1) is 0 Å². The number of amides is 1. The highest BCUT2D eigenvalue weighted by Gasteiger charge is 2.34. The van der Waals surface area contributed by atoms with Crippen molar-refractivity contribution in [2.75, 3.05) is 35.8 Å². The number of aromatic carboxylic acids is 1. The van der Waals surface area contributed by atoms with E-state index in [9.17, 15) is 14.7 Å². The number of rotatable bonds is 5. The fourth-order valence-corrected chi connectivity index (χ4v) is 4.55. The molecular weight excluding hydrogens is 434 g/mol. The Morgan fingerprint density at radius 1 is 1.21 bits per heavy atom. The number of hydrogen-bond acceptors (Lipinski definition) is 7. The Kier molecular flexibility index (Phi) is 8.31. The molecule has 34 heavy (non-hydrogen) atoms. The molecule has 4 rings (SSSR count). The van der Waals surface area contributed by atoms with Gasteiger partial charge in [0.15, 0.2) is 5.82 Å². The number of ether oxygens (including phenoxy) is 1. The van der Waals surface area contributed by atoms with E-state index in [1.165, 1.54) is 38.5 Å². The first-order valence-corrected chi connectivity index (χ1v) is 12.0. The quantitative estimate of drug-likeness (QED) is 0.648. The summed E-state index contributed by atoms with van der Waals surface area (Å²) in [6.07, 6.45) is 7.45. The van der Waals surface area contributed by atoms with Gasteiger partial charge >= 0.3 is 5.97 Å². The van der Waals surface area contributed by atoms with Crippen molar-refractivity contribution in [2.24, 2.45) is 5.92 Å². The summed E-state index contributed by atoms with van der Waals surface area (Å²) in [6, 6.07) is 4.93. The maximum Gasteiger partial charge on any atom is 0.335 e. The predicted octanol–water partition coefficient (Wildman–Crippen LogP) is 4.70. The van der Waals surface area contributed by atoms with Crippen LogP contribution in [0.3, 0.4) is 0 Å². The average molecular weight is 470 g/mol. The number of carboxylic acid groups (broad SMARTS) is 1. The molecule has 2 heterocycles. The average Bonchev–Trinajstić information content (AvgIpc) is 2.96. The minimum atomic E-state index is -1.03. The van der Waals surface area contributed by atoms with Gasteiger partial charge in [0.25, 0.3) is 0 Å². The number of fused-ring (bicyclic) bond motifs is 1. The number of anilines is 4. The van der Waals surface area contributed by atoms with E-state index >= 15 is 0 Å². The maximum atomic E-state index is 12.8. The number of aromatic nitrogens is 2. The normalized spacial score (nSPS) is 18.4. The smallest absolute Gasteiger partial charge is 0.335 e. The third-order valence-electron chi connectivity index (χ3n) is 6.32. The second-order valence-corrected chi connectivity index (χ2v) is 8.49. The Morgan fingerprint density at radius 2 is 1.91 bits per heavy atom. The second kappa shape index (κ2) is 11.2. The van der Waals surface area contributed by atoms with Gasteiger partial charge in [0.05, 0.1) is 30.5 Å². The number of hydrogen-bond donors (Lipinski definition) is 2. The molecule has 1 unspecified atom stereocenters. The number of carbonyl (C=O) groups excluding carboxylic acids is 1. The van der Waals surface area contributed by atoms with Crippen LogP contribution in [0.15, 0.2) is 24.4 Å². The van der Waals surface area contributed by atoms with Gasteiger partial charge in [0.1, 0.15) is 11.4 Å². The van der Waals surface area contributed by atoms with Crippen LogP contribution in [0.4, 0.5) is 23.1 Å². The largest absolute Gasteiger partial charge is 0.495 e. The highest BCUT2D eigenvalue weighted by molar-refractivity contribution is 5.98. The van der Waals surface area contributed by atoms with E-state index in [0.29, 0.717) is 35.7 Å². The van der Waals surface area contributed by atoms with Crippen molar-refractivity contribution in [3.8, 4) is 5.75 Å². The lowest BCUT2D eigenvalue weighted by Crippen LogP contribution is -2.41. The summed E-state index contributed by atoms with van der Waals surface area (Å²) < 4.78 is 5.36. The molecule has 0 radical (unpaired) electrons. The SMILES string of the molecule is CC.COc1cc(C(=O)O)ccc1Nc1ncc2c(n1)N(C1CCCCC1)CC(C)C(=O)N2C. The molecule has 2 aromatic rings. The van der Waals surface area contributed by atoms with E-state index in [-0.39, 0.29) is 17.4 Å².